The van der Waals surface area contributed by atoms with Crippen molar-refractivity contribution in [1.29, 1.82) is 0 Å². The molecule has 6 nitrogen and oxygen atoms in total. The summed E-state index contributed by atoms with van der Waals surface area (Å²) in [5, 5.41) is 7.80. The summed E-state index contributed by atoms with van der Waals surface area (Å²) in [5.41, 5.74) is 3.72. The van der Waals surface area contributed by atoms with Crippen molar-refractivity contribution in [2.45, 2.75) is 32.5 Å². The maximum atomic E-state index is 12.5. The molecule has 0 saturated carbocycles. The van der Waals surface area contributed by atoms with Gasteiger partial charge in [0.05, 0.1) is 12.3 Å². The van der Waals surface area contributed by atoms with E-state index in [1.807, 2.05) is 29.6 Å². The second-order valence-corrected chi connectivity index (χ2v) is 8.44. The van der Waals surface area contributed by atoms with Crippen molar-refractivity contribution in [3.05, 3.63) is 70.6 Å². The van der Waals surface area contributed by atoms with Crippen LogP contribution in [-0.2, 0) is 22.6 Å². The first-order chi connectivity index (χ1) is 16.2. The van der Waals surface area contributed by atoms with Gasteiger partial charge in [-0.1, -0.05) is 36.4 Å². The zero-order valence-corrected chi connectivity index (χ0v) is 19.3. The van der Waals surface area contributed by atoms with Gasteiger partial charge in [-0.2, -0.15) is 13.2 Å². The zero-order chi connectivity index (χ0) is 24.6. The van der Waals surface area contributed by atoms with E-state index >= 15 is 0 Å². The van der Waals surface area contributed by atoms with Crippen molar-refractivity contribution in [3.8, 4) is 11.3 Å². The molecule has 1 aromatic heterocycles. The number of aryl methyl sites for hydroxylation is 1. The van der Waals surface area contributed by atoms with Crippen LogP contribution in [0.25, 0.3) is 11.3 Å². The Balaban J connectivity index is 1.51. The maximum absolute atomic E-state index is 12.5. The number of amides is 2. The summed E-state index contributed by atoms with van der Waals surface area (Å²) in [6.07, 6.45) is -2.66. The number of halogens is 3. The smallest absolute Gasteiger partial charge is 0.367 e. The molecule has 0 aliphatic rings. The maximum Gasteiger partial charge on any atom is 0.411 e. The molecule has 0 bridgehead atoms. The van der Waals surface area contributed by atoms with Crippen LogP contribution in [0.15, 0.2) is 53.9 Å². The van der Waals surface area contributed by atoms with Crippen molar-refractivity contribution in [2.75, 3.05) is 18.5 Å². The predicted molar refractivity (Wildman–Crippen MR) is 125 cm³/mol. The Bertz CT molecular complexity index is 1100. The minimum atomic E-state index is -4.37. The second kappa shape index (κ2) is 11.8. The molecule has 0 aliphatic heterocycles. The minimum absolute atomic E-state index is 0.0340. The molecule has 2 aromatic carbocycles. The summed E-state index contributed by atoms with van der Waals surface area (Å²) >= 11 is 1.30. The number of ether oxygens (including phenoxy) is 1. The third kappa shape index (κ3) is 8.27. The van der Waals surface area contributed by atoms with Crippen LogP contribution in [0.1, 0.15) is 34.8 Å². The lowest BCUT2D eigenvalue weighted by molar-refractivity contribution is -0.176. The summed E-state index contributed by atoms with van der Waals surface area (Å²) in [6, 6.07) is 14.1. The summed E-state index contributed by atoms with van der Waals surface area (Å²) in [6.45, 7) is 0.631. The highest BCUT2D eigenvalue weighted by Crippen LogP contribution is 2.26. The third-order valence-corrected chi connectivity index (χ3v) is 5.50. The SMILES string of the molecule is CC(=O)NCCCc1ccc(-c2csc(NC(=O)c3ccc(COCC(F)(F)F)cc3)n2)cc1. The van der Waals surface area contributed by atoms with Crippen LogP contribution in [0.5, 0.6) is 0 Å². The Labute approximate surface area is 199 Å². The van der Waals surface area contributed by atoms with E-state index in [-0.39, 0.29) is 18.4 Å². The number of carbonyl (C=O) groups excluding carboxylic acids is 2. The quantitative estimate of drug-likeness (QED) is 0.382. The zero-order valence-electron chi connectivity index (χ0n) is 18.4. The number of benzene rings is 2. The number of nitrogens with one attached hydrogen (secondary N) is 2. The predicted octanol–water partition coefficient (Wildman–Crippen LogP) is 5.21. The van der Waals surface area contributed by atoms with Crippen LogP contribution in [0.2, 0.25) is 0 Å². The van der Waals surface area contributed by atoms with E-state index in [1.165, 1.54) is 30.4 Å². The van der Waals surface area contributed by atoms with Crippen LogP contribution in [-0.4, -0.2) is 36.1 Å². The largest absolute Gasteiger partial charge is 0.411 e. The number of carbonyl (C=O) groups is 2. The van der Waals surface area contributed by atoms with E-state index in [2.05, 4.69) is 20.4 Å². The minimum Gasteiger partial charge on any atom is -0.367 e. The summed E-state index contributed by atoms with van der Waals surface area (Å²) in [7, 11) is 0. The fourth-order valence-corrected chi connectivity index (χ4v) is 3.78. The molecule has 180 valence electrons. The molecule has 2 amide bonds. The number of hydrogen-bond donors (Lipinski definition) is 2. The molecule has 3 aromatic rings. The molecule has 34 heavy (non-hydrogen) atoms. The van der Waals surface area contributed by atoms with Gasteiger partial charge in [0.2, 0.25) is 5.91 Å². The molecule has 10 heteroatoms. The fraction of sp³-hybridized carbons (Fsp3) is 0.292. The Morgan fingerprint density at radius 2 is 1.71 bits per heavy atom. The molecule has 0 radical (unpaired) electrons. The molecular weight excluding hydrogens is 467 g/mol. The number of thiazole rings is 1. The Kier molecular flexibility index (Phi) is 8.78. The van der Waals surface area contributed by atoms with E-state index in [0.29, 0.717) is 22.8 Å². The van der Waals surface area contributed by atoms with Gasteiger partial charge in [0.15, 0.2) is 5.13 Å². The van der Waals surface area contributed by atoms with E-state index in [9.17, 15) is 22.8 Å². The lowest BCUT2D eigenvalue weighted by Gasteiger charge is -2.08. The molecule has 0 saturated heterocycles. The monoisotopic (exact) mass is 491 g/mol. The van der Waals surface area contributed by atoms with Crippen LogP contribution in [0.3, 0.4) is 0 Å². The first-order valence-electron chi connectivity index (χ1n) is 10.5. The van der Waals surface area contributed by atoms with Crippen molar-refractivity contribution in [3.63, 3.8) is 0 Å². The van der Waals surface area contributed by atoms with Crippen LogP contribution < -0.4 is 10.6 Å². The Morgan fingerprint density at radius 3 is 2.35 bits per heavy atom. The van der Waals surface area contributed by atoms with Gasteiger partial charge in [0, 0.05) is 30.0 Å². The molecule has 0 spiro atoms. The summed E-state index contributed by atoms with van der Waals surface area (Å²) in [5.74, 6) is -0.397. The van der Waals surface area contributed by atoms with E-state index < -0.39 is 12.8 Å². The molecule has 0 aliphatic carbocycles. The van der Waals surface area contributed by atoms with Gasteiger partial charge in [0.1, 0.15) is 6.61 Å². The second-order valence-electron chi connectivity index (χ2n) is 7.58. The first kappa shape index (κ1) is 25.4. The number of anilines is 1. The summed E-state index contributed by atoms with van der Waals surface area (Å²) in [4.78, 5) is 27.8. The number of alkyl halides is 3. The summed E-state index contributed by atoms with van der Waals surface area (Å²) < 4.78 is 41.1. The highest BCUT2D eigenvalue weighted by atomic mass is 32.1. The lowest BCUT2D eigenvalue weighted by atomic mass is 10.1. The molecular formula is C24H24F3N3O3S. The van der Waals surface area contributed by atoms with Crippen LogP contribution in [0, 0.1) is 0 Å². The molecule has 0 unspecified atom stereocenters. The first-order valence-corrected chi connectivity index (χ1v) is 11.4. The van der Waals surface area contributed by atoms with Crippen molar-refractivity contribution >= 4 is 28.3 Å². The van der Waals surface area contributed by atoms with E-state index in [1.54, 1.807) is 12.1 Å². The highest BCUT2D eigenvalue weighted by molar-refractivity contribution is 7.14. The van der Waals surface area contributed by atoms with Crippen LogP contribution >= 0.6 is 11.3 Å². The normalized spacial score (nSPS) is 11.3. The molecule has 1 heterocycles. The van der Waals surface area contributed by atoms with Crippen molar-refractivity contribution < 1.29 is 27.5 Å². The Hall–Kier alpha value is -3.24. The van der Waals surface area contributed by atoms with Gasteiger partial charge in [-0.15, -0.1) is 11.3 Å². The standard InChI is InChI=1S/C24H24F3N3O3S/c1-16(31)28-12-2-3-17-4-8-19(9-5-17)21-14-34-23(29-21)30-22(32)20-10-6-18(7-11-20)13-33-15-24(25,26)27/h4-11,14H,2-3,12-13,15H2,1H3,(H,28,31)(H,29,30,32). The molecule has 3 rings (SSSR count). The Morgan fingerprint density at radius 1 is 1.03 bits per heavy atom. The molecule has 2 N–H and O–H groups in total. The van der Waals surface area contributed by atoms with Gasteiger partial charge in [0.25, 0.3) is 5.91 Å². The van der Waals surface area contributed by atoms with Gasteiger partial charge in [-0.3, -0.25) is 14.9 Å². The highest BCUT2D eigenvalue weighted by Gasteiger charge is 2.27. The van der Waals surface area contributed by atoms with Gasteiger partial charge >= 0.3 is 6.18 Å². The molecule has 0 atom stereocenters. The number of nitrogens with zero attached hydrogens (tertiary/aromatic N) is 1. The molecule has 0 fully saturated rings. The average molecular weight is 492 g/mol. The average Bonchev–Trinajstić information content (AvgIpc) is 3.25. The van der Waals surface area contributed by atoms with Crippen molar-refractivity contribution in [1.82, 2.24) is 10.3 Å². The fourth-order valence-electron chi connectivity index (χ4n) is 3.07. The van der Waals surface area contributed by atoms with Gasteiger partial charge in [-0.05, 0) is 36.1 Å². The van der Waals surface area contributed by atoms with E-state index in [4.69, 9.17) is 0 Å². The van der Waals surface area contributed by atoms with Gasteiger partial charge in [-0.25, -0.2) is 4.98 Å². The topological polar surface area (TPSA) is 80.3 Å². The number of hydrogen-bond acceptors (Lipinski definition) is 5. The van der Waals surface area contributed by atoms with Crippen molar-refractivity contribution in [2.24, 2.45) is 0 Å². The number of rotatable bonds is 10. The third-order valence-electron chi connectivity index (χ3n) is 4.74. The number of aromatic nitrogens is 1. The van der Waals surface area contributed by atoms with Crippen LogP contribution in [0.4, 0.5) is 18.3 Å². The van der Waals surface area contributed by atoms with E-state index in [0.717, 1.165) is 29.7 Å². The lowest BCUT2D eigenvalue weighted by Crippen LogP contribution is -2.21. The van der Waals surface area contributed by atoms with Gasteiger partial charge < -0.3 is 10.1 Å².